The summed E-state index contributed by atoms with van der Waals surface area (Å²) in [6.07, 6.45) is 5.00. The summed E-state index contributed by atoms with van der Waals surface area (Å²) >= 11 is 0. The van der Waals surface area contributed by atoms with Crippen LogP contribution in [0.25, 0.3) is 21.9 Å². The minimum atomic E-state index is -1.00. The first-order chi connectivity index (χ1) is 20.5. The molecule has 2 atom stereocenters. The molecule has 8 nitrogen and oxygen atoms in total. The highest BCUT2D eigenvalue weighted by atomic mass is 16.5. The summed E-state index contributed by atoms with van der Waals surface area (Å²) < 4.78 is 17.1. The summed E-state index contributed by atoms with van der Waals surface area (Å²) in [6.45, 7) is 0. The van der Waals surface area contributed by atoms with E-state index in [0.717, 1.165) is 21.9 Å². The number of carbonyl (C=O) groups excluding carboxylic acids is 1. The summed E-state index contributed by atoms with van der Waals surface area (Å²) in [6, 6.07) is 25.8. The summed E-state index contributed by atoms with van der Waals surface area (Å²) in [5, 5.41) is 12.2. The third-order valence-corrected chi connectivity index (χ3v) is 8.03. The number of ether oxygens (including phenoxy) is 3. The lowest BCUT2D eigenvalue weighted by molar-refractivity contribution is -0.158. The number of hydrogen-bond acceptors (Lipinski definition) is 7. The van der Waals surface area contributed by atoms with Crippen LogP contribution in [-0.4, -0.2) is 41.2 Å². The molecule has 1 aliphatic carbocycles. The number of esters is 1. The molecule has 2 unspecified atom stereocenters. The Balaban J connectivity index is 1.37. The zero-order chi connectivity index (χ0) is 29.2. The zero-order valence-corrected chi connectivity index (χ0v) is 23.0. The van der Waals surface area contributed by atoms with Crippen molar-refractivity contribution in [2.45, 2.75) is 11.8 Å². The first kappa shape index (κ1) is 27.0. The molecule has 6 rings (SSSR count). The molecule has 0 spiro atoms. The van der Waals surface area contributed by atoms with Gasteiger partial charge in [0.1, 0.15) is 23.6 Å². The van der Waals surface area contributed by atoms with Crippen LogP contribution in [0.5, 0.6) is 17.2 Å². The largest absolute Gasteiger partial charge is 0.496 e. The topological polar surface area (TPSA) is 108 Å². The molecule has 1 N–H and O–H groups in total. The maximum absolute atomic E-state index is 14.0. The van der Waals surface area contributed by atoms with Crippen LogP contribution < -0.4 is 14.2 Å². The molecule has 0 radical (unpaired) electrons. The Morgan fingerprint density at radius 1 is 0.690 bits per heavy atom. The Bertz CT molecular complexity index is 1720. The lowest BCUT2D eigenvalue weighted by Crippen LogP contribution is -2.52. The molecule has 4 aromatic carbocycles. The predicted molar refractivity (Wildman–Crippen MR) is 157 cm³/mol. The fourth-order valence-electron chi connectivity index (χ4n) is 6.11. The first-order valence-electron chi connectivity index (χ1n) is 13.5. The van der Waals surface area contributed by atoms with Gasteiger partial charge in [-0.3, -0.25) is 9.59 Å². The molecule has 1 fully saturated rings. The number of hydrogen-bond donors (Lipinski definition) is 1. The summed E-state index contributed by atoms with van der Waals surface area (Å²) in [4.78, 5) is 34.9. The van der Waals surface area contributed by atoms with Gasteiger partial charge >= 0.3 is 11.9 Å². The van der Waals surface area contributed by atoms with E-state index >= 15 is 0 Å². The summed E-state index contributed by atoms with van der Waals surface area (Å²) in [7, 11) is 3.06. The molecule has 5 aromatic rings. The average Bonchev–Trinajstić information content (AvgIpc) is 3.01. The van der Waals surface area contributed by atoms with E-state index in [1.165, 1.54) is 20.5 Å². The van der Waals surface area contributed by atoms with Gasteiger partial charge in [0.05, 0.1) is 26.1 Å². The Morgan fingerprint density at radius 2 is 1.26 bits per heavy atom. The van der Waals surface area contributed by atoms with Crippen molar-refractivity contribution in [3.8, 4) is 28.4 Å². The smallest absolute Gasteiger partial charge is 0.315 e. The third-order valence-electron chi connectivity index (χ3n) is 8.03. The van der Waals surface area contributed by atoms with Gasteiger partial charge in [0, 0.05) is 29.8 Å². The average molecular weight is 561 g/mol. The Hall–Kier alpha value is -5.24. The van der Waals surface area contributed by atoms with E-state index in [0.29, 0.717) is 28.4 Å². The molecule has 0 bridgehead atoms. The summed E-state index contributed by atoms with van der Waals surface area (Å²) in [5.41, 5.74) is 3.17. The van der Waals surface area contributed by atoms with Gasteiger partial charge < -0.3 is 19.3 Å². The maximum atomic E-state index is 14.0. The number of benzene rings is 4. The monoisotopic (exact) mass is 560 g/mol. The zero-order valence-electron chi connectivity index (χ0n) is 23.0. The van der Waals surface area contributed by atoms with E-state index in [4.69, 9.17) is 14.2 Å². The second-order valence-corrected chi connectivity index (χ2v) is 10.2. The fourth-order valence-corrected chi connectivity index (χ4v) is 6.11. The van der Waals surface area contributed by atoms with Crippen LogP contribution in [0, 0.1) is 11.8 Å². The molecule has 8 heteroatoms. The van der Waals surface area contributed by atoms with Gasteiger partial charge in [0.15, 0.2) is 0 Å². The fraction of sp³-hybridized carbons (Fsp3) is 0.176. The SMILES string of the molecule is COc1ccccc1C1C(C(=O)O)C(c2ccccc2OC)C1C(=O)Oc1ccc2cc(-c3cncnc3)ccc2c1. The number of carboxylic acid groups (broad SMARTS) is 1. The van der Waals surface area contributed by atoms with Gasteiger partial charge in [-0.1, -0.05) is 54.6 Å². The van der Waals surface area contributed by atoms with Crippen molar-refractivity contribution in [3.63, 3.8) is 0 Å². The third kappa shape index (κ3) is 4.81. The Labute approximate surface area is 242 Å². The molecule has 0 amide bonds. The number of nitrogens with zero attached hydrogens (tertiary/aromatic N) is 2. The molecule has 1 heterocycles. The highest BCUT2D eigenvalue weighted by Crippen LogP contribution is 2.60. The Morgan fingerprint density at radius 3 is 1.86 bits per heavy atom. The molecule has 0 aliphatic heterocycles. The maximum Gasteiger partial charge on any atom is 0.315 e. The van der Waals surface area contributed by atoms with Crippen molar-refractivity contribution in [1.29, 1.82) is 0 Å². The van der Waals surface area contributed by atoms with Gasteiger partial charge in [-0.05, 0) is 57.8 Å². The van der Waals surface area contributed by atoms with Gasteiger partial charge in [-0.15, -0.1) is 0 Å². The van der Waals surface area contributed by atoms with Crippen LogP contribution in [0.1, 0.15) is 23.0 Å². The van der Waals surface area contributed by atoms with Gasteiger partial charge in [-0.25, -0.2) is 9.97 Å². The lowest BCUT2D eigenvalue weighted by atomic mass is 9.52. The van der Waals surface area contributed by atoms with E-state index in [1.54, 1.807) is 30.6 Å². The number of para-hydroxylation sites is 2. The molecule has 0 saturated heterocycles. The summed E-state index contributed by atoms with van der Waals surface area (Å²) in [5.74, 6) is -3.13. The number of methoxy groups -OCH3 is 2. The van der Waals surface area contributed by atoms with Crippen molar-refractivity contribution >= 4 is 22.7 Å². The van der Waals surface area contributed by atoms with Gasteiger partial charge in [0.25, 0.3) is 0 Å². The highest BCUT2D eigenvalue weighted by molar-refractivity contribution is 5.90. The van der Waals surface area contributed by atoms with E-state index in [-0.39, 0.29) is 0 Å². The second-order valence-electron chi connectivity index (χ2n) is 10.2. The van der Waals surface area contributed by atoms with E-state index in [2.05, 4.69) is 9.97 Å². The number of aliphatic carboxylic acids is 1. The first-order valence-corrected chi connectivity index (χ1v) is 13.5. The number of carboxylic acids is 1. The van der Waals surface area contributed by atoms with Crippen LogP contribution in [0.4, 0.5) is 0 Å². The van der Waals surface area contributed by atoms with Crippen molar-refractivity contribution < 1.29 is 28.9 Å². The van der Waals surface area contributed by atoms with Crippen molar-refractivity contribution in [2.24, 2.45) is 11.8 Å². The quantitative estimate of drug-likeness (QED) is 0.179. The van der Waals surface area contributed by atoms with E-state index < -0.39 is 35.6 Å². The predicted octanol–water partition coefficient (Wildman–Crippen LogP) is 6.12. The number of aromatic nitrogens is 2. The van der Waals surface area contributed by atoms with Crippen LogP contribution in [-0.2, 0) is 9.59 Å². The van der Waals surface area contributed by atoms with E-state index in [1.807, 2.05) is 66.7 Å². The number of fused-ring (bicyclic) bond motifs is 1. The molecule has 42 heavy (non-hydrogen) atoms. The minimum Gasteiger partial charge on any atom is -0.496 e. The molecular formula is C34H28N2O6. The van der Waals surface area contributed by atoms with Crippen LogP contribution in [0.2, 0.25) is 0 Å². The molecule has 210 valence electrons. The van der Waals surface area contributed by atoms with E-state index in [9.17, 15) is 14.7 Å². The van der Waals surface area contributed by atoms with Gasteiger partial charge in [-0.2, -0.15) is 0 Å². The number of rotatable bonds is 8. The van der Waals surface area contributed by atoms with Crippen LogP contribution >= 0.6 is 0 Å². The van der Waals surface area contributed by atoms with Crippen molar-refractivity contribution in [1.82, 2.24) is 9.97 Å². The molecule has 1 aromatic heterocycles. The van der Waals surface area contributed by atoms with Crippen molar-refractivity contribution in [3.05, 3.63) is 115 Å². The van der Waals surface area contributed by atoms with Crippen LogP contribution in [0.3, 0.4) is 0 Å². The standard InChI is InChI=1S/C34H28N2O6/c1-40-27-9-5-3-7-25(27)29-31(33(37)38)30(26-8-4-6-10-28(26)41-2)32(29)34(39)42-24-14-13-20-15-21(11-12-22(20)16-24)23-17-35-19-36-18-23/h3-19,29-32H,1-2H3,(H,37,38). The van der Waals surface area contributed by atoms with Crippen LogP contribution in [0.15, 0.2) is 104 Å². The minimum absolute atomic E-state index is 0.375. The highest BCUT2D eigenvalue weighted by Gasteiger charge is 2.60. The molecule has 1 aliphatic rings. The number of carbonyl (C=O) groups is 2. The van der Waals surface area contributed by atoms with Gasteiger partial charge in [0.2, 0.25) is 0 Å². The molecular weight excluding hydrogens is 532 g/mol. The lowest BCUT2D eigenvalue weighted by Gasteiger charge is -2.49. The normalized spacial score (nSPS) is 19.5. The Kier molecular flexibility index (Phi) is 7.27. The second kappa shape index (κ2) is 11.3. The molecule has 1 saturated carbocycles. The van der Waals surface area contributed by atoms with Crippen molar-refractivity contribution in [2.75, 3.05) is 14.2 Å².